The molecule has 0 aromatic carbocycles. The summed E-state index contributed by atoms with van der Waals surface area (Å²) in [4.78, 5) is 17.1. The van der Waals surface area contributed by atoms with Crippen molar-refractivity contribution in [1.82, 2.24) is 4.90 Å². The number of unbranched alkanes of at least 4 members (excludes halogenated alkanes) is 2. The maximum atomic E-state index is 12.7. The van der Waals surface area contributed by atoms with Crippen molar-refractivity contribution < 1.29 is 23.2 Å². The van der Waals surface area contributed by atoms with Crippen LogP contribution in [0.5, 0.6) is 0 Å². The van der Waals surface area contributed by atoms with Crippen LogP contribution in [0.1, 0.15) is 53.4 Å². The molecule has 0 saturated carbocycles. The van der Waals surface area contributed by atoms with E-state index in [0.717, 1.165) is 25.7 Å². The summed E-state index contributed by atoms with van der Waals surface area (Å²) in [5.74, 6) is -0.588. The lowest BCUT2D eigenvalue weighted by atomic mass is 10.2. The molecule has 0 N–H and O–H groups in total. The molecule has 0 fully saturated rings. The number of carbonyl (C=O) groups excluding carboxylic acids is 1. The summed E-state index contributed by atoms with van der Waals surface area (Å²) >= 11 is 0. The monoisotopic (exact) mass is 333 g/mol. The maximum Gasteiger partial charge on any atom is 0.465 e. The zero-order chi connectivity index (χ0) is 17.0. The summed E-state index contributed by atoms with van der Waals surface area (Å²) in [6.45, 7) is 8.54. The third-order valence-corrected chi connectivity index (χ3v) is 4.99. The fourth-order valence-corrected chi connectivity index (χ4v) is 3.35. The molecule has 0 aliphatic heterocycles. The molecule has 0 aliphatic rings. The lowest BCUT2D eigenvalue weighted by molar-refractivity contribution is -0.128. The predicted molar refractivity (Wildman–Crippen MR) is 85.9 cm³/mol. The Kier molecular flexibility index (Phi) is 11.0. The summed E-state index contributed by atoms with van der Waals surface area (Å²) in [7, 11) is -3.89. The van der Waals surface area contributed by atoms with Crippen molar-refractivity contribution >= 4 is 19.0 Å². The molecule has 22 heavy (non-hydrogen) atoms. The first kappa shape index (κ1) is 21.0. The Morgan fingerprint density at radius 2 is 1.50 bits per heavy atom. The van der Waals surface area contributed by atoms with E-state index in [9.17, 15) is 14.9 Å². The molecular formula is C14H28N3O4P. The minimum atomic E-state index is -3.89. The van der Waals surface area contributed by atoms with E-state index in [2.05, 4.69) is 4.79 Å². The third kappa shape index (κ3) is 6.41. The molecule has 0 heterocycles. The molecule has 8 heteroatoms. The number of hydrogen-bond donors (Lipinski definition) is 0. The first-order valence-corrected chi connectivity index (χ1v) is 9.45. The minimum Gasteiger partial charge on any atom is -0.360 e. The van der Waals surface area contributed by atoms with Crippen LogP contribution in [-0.4, -0.2) is 47.4 Å². The maximum absolute atomic E-state index is 12.7. The fourth-order valence-electron chi connectivity index (χ4n) is 1.87. The van der Waals surface area contributed by atoms with Crippen LogP contribution in [0, 0.1) is 0 Å². The molecule has 0 aromatic heterocycles. The molecule has 0 aliphatic carbocycles. The summed E-state index contributed by atoms with van der Waals surface area (Å²) in [5, 5.41) is 0. The summed E-state index contributed by atoms with van der Waals surface area (Å²) in [6.07, 6.45) is 3.50. The van der Waals surface area contributed by atoms with Gasteiger partial charge in [0.05, 0.1) is 13.2 Å². The van der Waals surface area contributed by atoms with Crippen molar-refractivity contribution in [1.29, 1.82) is 0 Å². The van der Waals surface area contributed by atoms with E-state index in [4.69, 9.17) is 9.05 Å². The zero-order valence-electron chi connectivity index (χ0n) is 14.1. The Morgan fingerprint density at radius 1 is 1.05 bits per heavy atom. The minimum absolute atomic E-state index is 0.0908. The SMILES string of the molecule is CCCCN(CCCC)C(=O)C(=[N+]=[N-])P(=O)(OCC)OCC. The molecule has 128 valence electrons. The van der Waals surface area contributed by atoms with Gasteiger partial charge in [0, 0.05) is 13.1 Å². The normalized spacial score (nSPS) is 11.1. The molecule has 0 bridgehead atoms. The van der Waals surface area contributed by atoms with Gasteiger partial charge in [-0.25, -0.2) is 4.57 Å². The van der Waals surface area contributed by atoms with Gasteiger partial charge in [0.2, 0.25) is 0 Å². The number of hydrogen-bond acceptors (Lipinski definition) is 4. The van der Waals surface area contributed by atoms with Gasteiger partial charge in [-0.2, -0.15) is 4.79 Å². The van der Waals surface area contributed by atoms with Gasteiger partial charge in [-0.15, -0.1) is 0 Å². The van der Waals surface area contributed by atoms with Crippen LogP contribution in [0.25, 0.3) is 5.53 Å². The van der Waals surface area contributed by atoms with Gasteiger partial charge in [0.1, 0.15) is 0 Å². The highest BCUT2D eigenvalue weighted by Gasteiger charge is 2.47. The van der Waals surface area contributed by atoms with Crippen molar-refractivity contribution in [3.8, 4) is 0 Å². The molecule has 0 rings (SSSR count). The van der Waals surface area contributed by atoms with Crippen LogP contribution in [0.4, 0.5) is 0 Å². The average molecular weight is 333 g/mol. The lowest BCUT2D eigenvalue weighted by Crippen LogP contribution is -2.39. The standard InChI is InChI=1S/C14H28N3O4P/c1-5-9-11-17(12-10-6-2)14(18)13(16-15)22(19,20-7-3)21-8-4/h5-12H2,1-4H3. The Morgan fingerprint density at radius 3 is 1.82 bits per heavy atom. The number of amides is 1. The van der Waals surface area contributed by atoms with E-state index in [1.165, 1.54) is 0 Å². The van der Waals surface area contributed by atoms with Gasteiger partial charge in [-0.05, 0) is 26.7 Å². The first-order chi connectivity index (χ1) is 10.5. The largest absolute Gasteiger partial charge is 0.465 e. The molecular weight excluding hydrogens is 305 g/mol. The molecule has 0 radical (unpaired) electrons. The molecule has 0 saturated heterocycles. The Labute approximate surface area is 133 Å². The zero-order valence-corrected chi connectivity index (χ0v) is 15.0. The second-order valence-electron chi connectivity index (χ2n) is 4.76. The second-order valence-corrected chi connectivity index (χ2v) is 6.69. The van der Waals surface area contributed by atoms with E-state index >= 15 is 0 Å². The third-order valence-electron chi connectivity index (χ3n) is 2.99. The van der Waals surface area contributed by atoms with Crippen LogP contribution in [0.2, 0.25) is 0 Å². The molecule has 0 unspecified atom stereocenters. The number of carbonyl (C=O) groups is 1. The quantitative estimate of drug-likeness (QED) is 0.237. The highest BCUT2D eigenvalue weighted by atomic mass is 31.2. The van der Waals surface area contributed by atoms with E-state index < -0.39 is 19.0 Å². The van der Waals surface area contributed by atoms with Crippen molar-refractivity contribution in [2.75, 3.05) is 26.3 Å². The van der Waals surface area contributed by atoms with Crippen molar-refractivity contribution in [2.24, 2.45) is 0 Å². The van der Waals surface area contributed by atoms with E-state index in [1.807, 2.05) is 13.8 Å². The molecule has 0 atom stereocenters. The topological polar surface area (TPSA) is 92.2 Å². The Bertz CT molecular complexity index is 418. The Balaban J connectivity index is 5.34. The number of nitrogens with zero attached hydrogens (tertiary/aromatic N) is 3. The fraction of sp³-hybridized carbons (Fsp3) is 0.857. The van der Waals surface area contributed by atoms with Gasteiger partial charge in [-0.3, -0.25) is 4.79 Å². The van der Waals surface area contributed by atoms with Gasteiger partial charge in [0.25, 0.3) is 0 Å². The van der Waals surface area contributed by atoms with Crippen LogP contribution in [-0.2, 0) is 18.4 Å². The molecule has 7 nitrogen and oxygen atoms in total. The average Bonchev–Trinajstić information content (AvgIpc) is 2.48. The summed E-state index contributed by atoms with van der Waals surface area (Å²) in [5.41, 5.74) is 8.65. The summed E-state index contributed by atoms with van der Waals surface area (Å²) < 4.78 is 22.9. The predicted octanol–water partition coefficient (Wildman–Crippen LogP) is 3.31. The highest BCUT2D eigenvalue weighted by Crippen LogP contribution is 2.49. The second kappa shape index (κ2) is 11.6. The number of rotatable bonds is 12. The highest BCUT2D eigenvalue weighted by molar-refractivity contribution is 7.74. The van der Waals surface area contributed by atoms with E-state index in [1.54, 1.807) is 18.7 Å². The van der Waals surface area contributed by atoms with Gasteiger partial charge in [-0.1, -0.05) is 26.7 Å². The van der Waals surface area contributed by atoms with Gasteiger partial charge in [0.15, 0.2) is 0 Å². The summed E-state index contributed by atoms with van der Waals surface area (Å²) in [6, 6.07) is 0. The molecule has 0 spiro atoms. The lowest BCUT2D eigenvalue weighted by Gasteiger charge is -2.21. The first-order valence-electron chi connectivity index (χ1n) is 7.91. The van der Waals surface area contributed by atoms with Crippen LogP contribution in [0.3, 0.4) is 0 Å². The van der Waals surface area contributed by atoms with Crippen molar-refractivity contribution in [3.05, 3.63) is 5.53 Å². The van der Waals surface area contributed by atoms with Crippen molar-refractivity contribution in [3.63, 3.8) is 0 Å². The van der Waals surface area contributed by atoms with Gasteiger partial charge >= 0.3 is 19.0 Å². The van der Waals surface area contributed by atoms with E-state index in [0.29, 0.717) is 13.1 Å². The van der Waals surface area contributed by atoms with Crippen LogP contribution < -0.4 is 0 Å². The van der Waals surface area contributed by atoms with E-state index in [-0.39, 0.29) is 13.2 Å². The van der Waals surface area contributed by atoms with Gasteiger partial charge < -0.3 is 19.5 Å². The molecule has 0 aromatic rings. The van der Waals surface area contributed by atoms with Crippen molar-refractivity contribution in [2.45, 2.75) is 53.4 Å². The molecule has 1 amide bonds. The Hall–Kier alpha value is -1.00. The van der Waals surface area contributed by atoms with Crippen LogP contribution >= 0.6 is 7.60 Å². The van der Waals surface area contributed by atoms with Crippen LogP contribution in [0.15, 0.2) is 0 Å². The smallest absolute Gasteiger partial charge is 0.360 e.